The molecular formula is C24H24F6N4O3S. The van der Waals surface area contributed by atoms with E-state index in [-0.39, 0.29) is 44.0 Å². The summed E-state index contributed by atoms with van der Waals surface area (Å²) in [5.74, 6) is -2.32. The van der Waals surface area contributed by atoms with Crippen LogP contribution in [-0.2, 0) is 11.0 Å². The highest BCUT2D eigenvalue weighted by atomic mass is 32.1. The van der Waals surface area contributed by atoms with Crippen molar-refractivity contribution in [1.29, 1.82) is 0 Å². The number of rotatable bonds is 4. The standard InChI is InChI=1S/C24H24F6N4O3S/c1-32(20(35)19-7-6-18(38-19)14-2-4-15(5-3-14)23(25,26)27)17-9-11-34(13-17)22(37)33-10-8-16(12-33)31-21(36)24(28,29)30/h2-7,16-17H,8-13H2,1H3,(H,31,36). The molecule has 7 nitrogen and oxygen atoms in total. The molecule has 2 atom stereocenters. The van der Waals surface area contributed by atoms with Gasteiger partial charge < -0.3 is 20.0 Å². The molecular weight excluding hydrogens is 538 g/mol. The Morgan fingerprint density at radius 2 is 1.55 bits per heavy atom. The van der Waals surface area contributed by atoms with Crippen molar-refractivity contribution in [2.24, 2.45) is 0 Å². The van der Waals surface area contributed by atoms with E-state index in [1.165, 1.54) is 26.8 Å². The number of nitrogens with zero attached hydrogens (tertiary/aromatic N) is 3. The minimum Gasteiger partial charge on any atom is -0.344 e. The first kappa shape index (κ1) is 27.7. The highest BCUT2D eigenvalue weighted by Gasteiger charge is 2.42. The topological polar surface area (TPSA) is 73.0 Å². The molecule has 2 saturated heterocycles. The van der Waals surface area contributed by atoms with Gasteiger partial charge in [0, 0.05) is 44.1 Å². The van der Waals surface area contributed by atoms with Crippen molar-refractivity contribution < 1.29 is 40.7 Å². The molecule has 2 fully saturated rings. The summed E-state index contributed by atoms with van der Waals surface area (Å²) in [4.78, 5) is 42.6. The minimum absolute atomic E-state index is 0.0293. The van der Waals surface area contributed by atoms with Crippen LogP contribution in [0.3, 0.4) is 0 Å². The molecule has 2 aromatic rings. The summed E-state index contributed by atoms with van der Waals surface area (Å²) >= 11 is 1.15. The molecule has 1 aromatic heterocycles. The normalized spacial score (nSPS) is 20.1. The van der Waals surface area contributed by atoms with Gasteiger partial charge in [0.15, 0.2) is 0 Å². The number of urea groups is 1. The third-order valence-corrected chi connectivity index (χ3v) is 7.79. The molecule has 206 valence electrons. The van der Waals surface area contributed by atoms with Gasteiger partial charge in [0.1, 0.15) is 0 Å². The Morgan fingerprint density at radius 3 is 2.18 bits per heavy atom. The molecule has 38 heavy (non-hydrogen) atoms. The van der Waals surface area contributed by atoms with Crippen LogP contribution in [0.4, 0.5) is 31.1 Å². The van der Waals surface area contributed by atoms with Gasteiger partial charge in [-0.2, -0.15) is 26.3 Å². The molecule has 2 aliphatic rings. The van der Waals surface area contributed by atoms with E-state index < -0.39 is 29.9 Å². The van der Waals surface area contributed by atoms with Crippen LogP contribution in [0.2, 0.25) is 0 Å². The lowest BCUT2D eigenvalue weighted by Gasteiger charge is -2.27. The maximum absolute atomic E-state index is 13.1. The number of thiophene rings is 1. The SMILES string of the molecule is CN(C(=O)c1ccc(-c2ccc(C(F)(F)F)cc2)s1)C1CCN(C(=O)N2CCC(NC(=O)C(F)(F)F)C2)C1. The van der Waals surface area contributed by atoms with Crippen LogP contribution < -0.4 is 5.32 Å². The van der Waals surface area contributed by atoms with Gasteiger partial charge in [-0.05, 0) is 42.7 Å². The zero-order valence-corrected chi connectivity index (χ0v) is 20.9. The summed E-state index contributed by atoms with van der Waals surface area (Å²) in [7, 11) is 1.61. The molecule has 4 rings (SSSR count). The van der Waals surface area contributed by atoms with Gasteiger partial charge in [-0.1, -0.05) is 12.1 Å². The van der Waals surface area contributed by atoms with Gasteiger partial charge in [0.05, 0.1) is 16.5 Å². The lowest BCUT2D eigenvalue weighted by Crippen LogP contribution is -2.47. The third-order valence-electron chi connectivity index (χ3n) is 6.67. The number of carbonyl (C=O) groups is 3. The van der Waals surface area contributed by atoms with Crippen molar-refractivity contribution in [3.05, 3.63) is 46.8 Å². The number of carbonyl (C=O) groups excluding carboxylic acids is 3. The maximum Gasteiger partial charge on any atom is 0.471 e. The molecule has 0 saturated carbocycles. The summed E-state index contributed by atoms with van der Waals surface area (Å²) in [5, 5.41) is 1.90. The predicted molar refractivity (Wildman–Crippen MR) is 126 cm³/mol. The Bertz CT molecular complexity index is 1200. The largest absolute Gasteiger partial charge is 0.471 e. The average Bonchev–Trinajstić information content (AvgIpc) is 3.62. The van der Waals surface area contributed by atoms with E-state index in [2.05, 4.69) is 0 Å². The van der Waals surface area contributed by atoms with E-state index >= 15 is 0 Å². The van der Waals surface area contributed by atoms with Crippen LogP contribution >= 0.6 is 11.3 Å². The number of likely N-dealkylation sites (tertiary alicyclic amines) is 2. The molecule has 0 aliphatic carbocycles. The van der Waals surface area contributed by atoms with Gasteiger partial charge in [-0.15, -0.1) is 11.3 Å². The van der Waals surface area contributed by atoms with E-state index in [4.69, 9.17) is 0 Å². The number of likely N-dealkylation sites (N-methyl/N-ethyl adjacent to an activating group) is 1. The molecule has 1 N–H and O–H groups in total. The number of benzene rings is 1. The van der Waals surface area contributed by atoms with Crippen LogP contribution in [-0.4, -0.2) is 84.0 Å². The molecule has 2 aliphatic heterocycles. The van der Waals surface area contributed by atoms with Crippen LogP contribution in [0.1, 0.15) is 28.1 Å². The second-order valence-corrected chi connectivity index (χ2v) is 10.3. The van der Waals surface area contributed by atoms with E-state index in [9.17, 15) is 40.7 Å². The summed E-state index contributed by atoms with van der Waals surface area (Å²) in [6.45, 7) is 0.782. The molecule has 14 heteroatoms. The predicted octanol–water partition coefficient (Wildman–Crippen LogP) is 4.45. The molecule has 1 aromatic carbocycles. The van der Waals surface area contributed by atoms with Crippen molar-refractivity contribution in [2.45, 2.75) is 37.3 Å². The number of halogens is 6. The quantitative estimate of drug-likeness (QED) is 0.560. The molecule has 0 bridgehead atoms. The van der Waals surface area contributed by atoms with Crippen molar-refractivity contribution >= 4 is 29.2 Å². The van der Waals surface area contributed by atoms with Crippen LogP contribution in [0.25, 0.3) is 10.4 Å². The smallest absolute Gasteiger partial charge is 0.344 e. The van der Waals surface area contributed by atoms with Gasteiger partial charge in [-0.25, -0.2) is 4.79 Å². The first-order valence-electron chi connectivity index (χ1n) is 11.7. The first-order chi connectivity index (χ1) is 17.7. The average molecular weight is 563 g/mol. The second kappa shape index (κ2) is 10.5. The third kappa shape index (κ3) is 6.05. The molecule has 2 unspecified atom stereocenters. The monoisotopic (exact) mass is 562 g/mol. The molecule has 4 amide bonds. The number of hydrogen-bond donors (Lipinski definition) is 1. The summed E-state index contributed by atoms with van der Waals surface area (Å²) in [5.41, 5.74) is -0.206. The highest BCUT2D eigenvalue weighted by molar-refractivity contribution is 7.17. The first-order valence-corrected chi connectivity index (χ1v) is 12.5. The van der Waals surface area contributed by atoms with E-state index in [1.807, 2.05) is 5.32 Å². The molecule has 0 radical (unpaired) electrons. The second-order valence-electron chi connectivity index (χ2n) is 9.23. The van der Waals surface area contributed by atoms with Gasteiger partial charge in [-0.3, -0.25) is 9.59 Å². The highest BCUT2D eigenvalue weighted by Crippen LogP contribution is 2.34. The number of hydrogen-bond acceptors (Lipinski definition) is 4. The lowest BCUT2D eigenvalue weighted by atomic mass is 10.1. The Hall–Kier alpha value is -3.29. The Morgan fingerprint density at radius 1 is 0.921 bits per heavy atom. The minimum atomic E-state index is -4.99. The van der Waals surface area contributed by atoms with E-state index in [0.29, 0.717) is 28.3 Å². The van der Waals surface area contributed by atoms with E-state index in [0.717, 1.165) is 23.5 Å². The number of amides is 4. The molecule has 3 heterocycles. The Balaban J connectivity index is 1.32. The van der Waals surface area contributed by atoms with Crippen LogP contribution in [0.15, 0.2) is 36.4 Å². The zero-order chi connectivity index (χ0) is 27.8. The van der Waals surface area contributed by atoms with Crippen molar-refractivity contribution in [2.75, 3.05) is 33.2 Å². The van der Waals surface area contributed by atoms with Crippen molar-refractivity contribution in [3.63, 3.8) is 0 Å². The fourth-order valence-corrected chi connectivity index (χ4v) is 5.52. The Labute approximate surface area is 218 Å². The van der Waals surface area contributed by atoms with Crippen LogP contribution in [0, 0.1) is 0 Å². The zero-order valence-electron chi connectivity index (χ0n) is 20.1. The van der Waals surface area contributed by atoms with Gasteiger partial charge in [0.25, 0.3) is 5.91 Å². The summed E-state index contributed by atoms with van der Waals surface area (Å²) < 4.78 is 75.9. The lowest BCUT2D eigenvalue weighted by molar-refractivity contribution is -0.174. The van der Waals surface area contributed by atoms with Gasteiger partial charge >= 0.3 is 24.3 Å². The number of alkyl halides is 6. The van der Waals surface area contributed by atoms with Crippen LogP contribution in [0.5, 0.6) is 0 Å². The van der Waals surface area contributed by atoms with Crippen molar-refractivity contribution in [3.8, 4) is 10.4 Å². The summed E-state index contributed by atoms with van der Waals surface area (Å²) in [6.07, 6.45) is -8.71. The summed E-state index contributed by atoms with van der Waals surface area (Å²) in [6, 6.07) is 6.51. The Kier molecular flexibility index (Phi) is 7.64. The number of nitrogens with one attached hydrogen (secondary N) is 1. The molecule has 0 spiro atoms. The fraction of sp³-hybridized carbons (Fsp3) is 0.458. The van der Waals surface area contributed by atoms with Crippen molar-refractivity contribution in [1.82, 2.24) is 20.0 Å². The fourth-order valence-electron chi connectivity index (χ4n) is 4.52. The van der Waals surface area contributed by atoms with E-state index in [1.54, 1.807) is 19.2 Å². The van der Waals surface area contributed by atoms with Gasteiger partial charge in [0.2, 0.25) is 0 Å². The maximum atomic E-state index is 13.1.